The third-order valence-electron chi connectivity index (χ3n) is 5.54. The minimum Gasteiger partial charge on any atom is -0.448 e. The van der Waals surface area contributed by atoms with Gasteiger partial charge in [0.2, 0.25) is 0 Å². The molecule has 1 amide bonds. The molecule has 0 saturated carbocycles. The second kappa shape index (κ2) is 8.01. The summed E-state index contributed by atoms with van der Waals surface area (Å²) >= 11 is 0. The average molecular weight is 451 g/mol. The van der Waals surface area contributed by atoms with Crippen LogP contribution in [0.5, 0.6) is 0 Å². The largest absolute Gasteiger partial charge is 0.448 e. The quantitative estimate of drug-likeness (QED) is 0.432. The van der Waals surface area contributed by atoms with Crippen molar-refractivity contribution in [2.75, 3.05) is 11.9 Å². The molecular weight excluding hydrogens is 435 g/mol. The number of benzene rings is 3. The Labute approximate surface area is 185 Å². The van der Waals surface area contributed by atoms with E-state index in [0.29, 0.717) is 12.1 Å². The van der Waals surface area contributed by atoms with E-state index in [1.165, 1.54) is 0 Å². The highest BCUT2D eigenvalue weighted by molar-refractivity contribution is 5.84. The summed E-state index contributed by atoms with van der Waals surface area (Å²) in [5.74, 6) is -4.19. The minimum atomic E-state index is -1.38. The maximum atomic E-state index is 14.2. The fourth-order valence-corrected chi connectivity index (χ4v) is 4.10. The number of carbonyl (C=O) groups is 1. The molecule has 0 unspecified atom stereocenters. The standard InChI is InChI=1S/C24H16F3N3O3/c25-18-9-20(27)21(10-19(18)26)30-22(11-23(31)29-30)28-24(32)33-12-17-15-7-3-1-5-13(15)14-6-2-4-8-16(14)17/h1-11,17H,12H2,(H,28,32)(H,29,31). The summed E-state index contributed by atoms with van der Waals surface area (Å²) in [4.78, 5) is 24.3. The number of aromatic nitrogens is 2. The number of ether oxygens (including phenoxy) is 1. The Kier molecular flexibility index (Phi) is 5.01. The van der Waals surface area contributed by atoms with Gasteiger partial charge in [0.05, 0.1) is 0 Å². The van der Waals surface area contributed by atoms with Gasteiger partial charge in [-0.1, -0.05) is 48.5 Å². The van der Waals surface area contributed by atoms with E-state index in [4.69, 9.17) is 4.74 Å². The van der Waals surface area contributed by atoms with Crippen LogP contribution in [0.4, 0.5) is 23.8 Å². The molecule has 0 bridgehead atoms. The van der Waals surface area contributed by atoms with Gasteiger partial charge >= 0.3 is 6.09 Å². The summed E-state index contributed by atoms with van der Waals surface area (Å²) < 4.78 is 47.3. The maximum absolute atomic E-state index is 14.2. The molecule has 1 aliphatic rings. The van der Waals surface area contributed by atoms with Crippen LogP contribution in [-0.2, 0) is 4.74 Å². The predicted octanol–water partition coefficient (Wildman–Crippen LogP) is 4.94. The Morgan fingerprint density at radius 1 is 0.909 bits per heavy atom. The average Bonchev–Trinajstić information content (AvgIpc) is 3.32. The van der Waals surface area contributed by atoms with E-state index >= 15 is 0 Å². The predicted molar refractivity (Wildman–Crippen MR) is 115 cm³/mol. The number of nitrogens with one attached hydrogen (secondary N) is 2. The molecule has 1 aliphatic carbocycles. The molecule has 0 atom stereocenters. The van der Waals surface area contributed by atoms with E-state index in [1.54, 1.807) is 0 Å². The second-order valence-corrected chi connectivity index (χ2v) is 7.51. The van der Waals surface area contributed by atoms with Gasteiger partial charge in [0.1, 0.15) is 18.1 Å². The zero-order chi connectivity index (χ0) is 23.1. The van der Waals surface area contributed by atoms with Crippen molar-refractivity contribution < 1.29 is 22.7 Å². The van der Waals surface area contributed by atoms with Crippen LogP contribution in [0, 0.1) is 17.5 Å². The number of halogens is 3. The van der Waals surface area contributed by atoms with Gasteiger partial charge in [-0.25, -0.2) is 22.6 Å². The van der Waals surface area contributed by atoms with Crippen LogP contribution in [0.2, 0.25) is 0 Å². The van der Waals surface area contributed by atoms with Crippen LogP contribution in [0.25, 0.3) is 16.8 Å². The summed E-state index contributed by atoms with van der Waals surface area (Å²) in [6.07, 6.45) is -0.896. The van der Waals surface area contributed by atoms with Crippen LogP contribution in [0.15, 0.2) is 71.5 Å². The first-order valence-electron chi connectivity index (χ1n) is 10.0. The zero-order valence-electron chi connectivity index (χ0n) is 16.9. The van der Waals surface area contributed by atoms with E-state index in [0.717, 1.165) is 33.0 Å². The summed E-state index contributed by atoms with van der Waals surface area (Å²) in [5.41, 5.74) is 3.01. The van der Waals surface area contributed by atoms with Crippen molar-refractivity contribution in [2.24, 2.45) is 0 Å². The van der Waals surface area contributed by atoms with Crippen molar-refractivity contribution in [3.05, 3.63) is 106 Å². The van der Waals surface area contributed by atoms with Crippen LogP contribution in [-0.4, -0.2) is 22.5 Å². The van der Waals surface area contributed by atoms with Crippen molar-refractivity contribution in [1.82, 2.24) is 9.78 Å². The molecule has 9 heteroatoms. The monoisotopic (exact) mass is 451 g/mol. The van der Waals surface area contributed by atoms with Gasteiger partial charge in [-0.05, 0) is 22.3 Å². The summed E-state index contributed by atoms with van der Waals surface area (Å²) in [7, 11) is 0. The molecule has 1 aromatic heterocycles. The van der Waals surface area contributed by atoms with Crippen LogP contribution in [0.3, 0.4) is 0 Å². The number of hydrogen-bond donors (Lipinski definition) is 2. The molecule has 0 saturated heterocycles. The van der Waals surface area contributed by atoms with Crippen molar-refractivity contribution in [3.63, 3.8) is 0 Å². The lowest BCUT2D eigenvalue weighted by molar-refractivity contribution is 0.158. The van der Waals surface area contributed by atoms with Gasteiger partial charge in [0.15, 0.2) is 17.5 Å². The molecule has 0 fully saturated rings. The molecule has 1 heterocycles. The molecule has 0 spiro atoms. The Morgan fingerprint density at radius 2 is 1.52 bits per heavy atom. The zero-order valence-corrected chi connectivity index (χ0v) is 16.9. The Morgan fingerprint density at radius 3 is 2.18 bits per heavy atom. The normalized spacial score (nSPS) is 12.3. The maximum Gasteiger partial charge on any atom is 0.412 e. The fraction of sp³-hybridized carbons (Fsp3) is 0.0833. The lowest BCUT2D eigenvalue weighted by atomic mass is 9.98. The molecule has 0 aliphatic heterocycles. The lowest BCUT2D eigenvalue weighted by Crippen LogP contribution is -2.20. The van der Waals surface area contributed by atoms with Crippen molar-refractivity contribution in [1.29, 1.82) is 0 Å². The molecule has 3 aromatic carbocycles. The van der Waals surface area contributed by atoms with E-state index in [-0.39, 0.29) is 18.3 Å². The second-order valence-electron chi connectivity index (χ2n) is 7.51. The summed E-state index contributed by atoms with van der Waals surface area (Å²) in [6.45, 7) is 0.0219. The first-order chi connectivity index (χ1) is 15.9. The first kappa shape index (κ1) is 20.6. The number of anilines is 1. The topological polar surface area (TPSA) is 76.1 Å². The molecule has 0 radical (unpaired) electrons. The Hall–Kier alpha value is -4.27. The van der Waals surface area contributed by atoms with Gasteiger partial charge in [-0.2, -0.15) is 0 Å². The molecule has 166 valence electrons. The van der Waals surface area contributed by atoms with Crippen LogP contribution in [0.1, 0.15) is 17.0 Å². The third-order valence-corrected chi connectivity index (χ3v) is 5.54. The molecular formula is C24H16F3N3O3. The number of nitrogens with zero attached hydrogens (tertiary/aromatic N) is 1. The van der Waals surface area contributed by atoms with Gasteiger partial charge in [0, 0.05) is 24.1 Å². The van der Waals surface area contributed by atoms with Crippen LogP contribution >= 0.6 is 0 Å². The number of H-pyrrole nitrogens is 1. The van der Waals surface area contributed by atoms with Gasteiger partial charge < -0.3 is 4.74 Å². The molecule has 6 nitrogen and oxygen atoms in total. The van der Waals surface area contributed by atoms with E-state index in [2.05, 4.69) is 10.4 Å². The van der Waals surface area contributed by atoms with Crippen molar-refractivity contribution in [3.8, 4) is 16.8 Å². The number of hydrogen-bond acceptors (Lipinski definition) is 3. The highest BCUT2D eigenvalue weighted by atomic mass is 19.2. The number of fused-ring (bicyclic) bond motifs is 3. The molecule has 4 aromatic rings. The third kappa shape index (κ3) is 3.67. The van der Waals surface area contributed by atoms with E-state index in [1.807, 2.05) is 48.5 Å². The van der Waals surface area contributed by atoms with E-state index in [9.17, 15) is 22.8 Å². The van der Waals surface area contributed by atoms with Crippen LogP contribution < -0.4 is 10.9 Å². The minimum absolute atomic E-state index is 0.0219. The van der Waals surface area contributed by atoms with Gasteiger partial charge in [-0.15, -0.1) is 0 Å². The summed E-state index contributed by atoms with van der Waals surface area (Å²) in [6, 6.07) is 17.5. The highest BCUT2D eigenvalue weighted by Gasteiger charge is 2.29. The van der Waals surface area contributed by atoms with Crippen molar-refractivity contribution >= 4 is 11.9 Å². The summed E-state index contributed by atoms with van der Waals surface area (Å²) in [5, 5.41) is 4.59. The van der Waals surface area contributed by atoms with E-state index < -0.39 is 34.8 Å². The number of aromatic amines is 1. The van der Waals surface area contributed by atoms with Gasteiger partial charge in [-0.3, -0.25) is 15.2 Å². The van der Waals surface area contributed by atoms with Gasteiger partial charge in [0.25, 0.3) is 5.56 Å². The lowest BCUT2D eigenvalue weighted by Gasteiger charge is -2.15. The van der Waals surface area contributed by atoms with Crippen molar-refractivity contribution in [2.45, 2.75) is 5.92 Å². The first-order valence-corrected chi connectivity index (χ1v) is 10.0. The molecule has 2 N–H and O–H groups in total. The molecule has 33 heavy (non-hydrogen) atoms. The Bertz CT molecular complexity index is 1400. The number of amides is 1. The number of carbonyl (C=O) groups excluding carboxylic acids is 1. The smallest absolute Gasteiger partial charge is 0.412 e. The number of rotatable bonds is 4. The SMILES string of the molecule is O=C(Nc1cc(=O)[nH]n1-c1cc(F)c(F)cc1F)OCC1c2ccccc2-c2ccccc21. The Balaban J connectivity index is 1.37. The highest BCUT2D eigenvalue weighted by Crippen LogP contribution is 2.44. The molecule has 5 rings (SSSR count). The fourth-order valence-electron chi connectivity index (χ4n) is 4.10.